The van der Waals surface area contributed by atoms with Crippen molar-refractivity contribution in [1.29, 1.82) is 0 Å². The number of furan rings is 1. The van der Waals surface area contributed by atoms with E-state index in [4.69, 9.17) is 14.1 Å². The maximum atomic E-state index is 12.4. The van der Waals surface area contributed by atoms with Gasteiger partial charge in [-0.15, -0.1) is 0 Å². The molecule has 1 amide bonds. The van der Waals surface area contributed by atoms with Gasteiger partial charge in [0.2, 0.25) is 0 Å². The van der Waals surface area contributed by atoms with Crippen LogP contribution < -0.4 is 10.1 Å². The predicted octanol–water partition coefficient (Wildman–Crippen LogP) is 4.82. The zero-order chi connectivity index (χ0) is 21.1. The Morgan fingerprint density at radius 1 is 1.13 bits per heavy atom. The minimum atomic E-state index is -0.296. The number of ether oxygens (including phenoxy) is 1. The van der Waals surface area contributed by atoms with Gasteiger partial charge < -0.3 is 19.0 Å². The number of nitrogens with one attached hydrogen (secondary N) is 1. The van der Waals surface area contributed by atoms with Gasteiger partial charge in [-0.05, 0) is 62.2 Å². The van der Waals surface area contributed by atoms with Crippen LogP contribution in [0.15, 0.2) is 65.3 Å². The van der Waals surface area contributed by atoms with Crippen LogP contribution in [0.2, 0.25) is 0 Å². The second-order valence-corrected chi connectivity index (χ2v) is 7.33. The number of imidazole rings is 1. The van der Waals surface area contributed by atoms with Crippen molar-refractivity contribution < 1.29 is 13.9 Å². The number of carbonyl (C=O) groups excluding carboxylic acids is 1. The Labute approximate surface area is 175 Å². The molecule has 2 aromatic heterocycles. The average Bonchev–Trinajstić information content (AvgIpc) is 3.40. The van der Waals surface area contributed by atoms with Gasteiger partial charge in [-0.1, -0.05) is 24.3 Å². The number of hydrogen-bond donors (Lipinski definition) is 1. The number of aryl methyl sites for hydroxylation is 1. The van der Waals surface area contributed by atoms with E-state index in [0.717, 1.165) is 28.2 Å². The number of rotatable bonds is 7. The second-order valence-electron chi connectivity index (χ2n) is 7.33. The number of carbonyl (C=O) groups is 1. The van der Waals surface area contributed by atoms with Crippen molar-refractivity contribution in [1.82, 2.24) is 14.9 Å². The average molecular weight is 403 g/mol. The quantitative estimate of drug-likeness (QED) is 0.480. The van der Waals surface area contributed by atoms with Crippen LogP contribution >= 0.6 is 0 Å². The van der Waals surface area contributed by atoms with Crippen molar-refractivity contribution >= 4 is 16.9 Å². The molecule has 0 bridgehead atoms. The third kappa shape index (κ3) is 3.94. The van der Waals surface area contributed by atoms with Crippen molar-refractivity contribution in [2.45, 2.75) is 33.4 Å². The number of hydrogen-bond acceptors (Lipinski definition) is 4. The van der Waals surface area contributed by atoms with Crippen LogP contribution in [0.3, 0.4) is 0 Å². The number of fused-ring (bicyclic) bond motifs is 1. The van der Waals surface area contributed by atoms with Crippen LogP contribution in [0.4, 0.5) is 0 Å². The highest BCUT2D eigenvalue weighted by Crippen LogP contribution is 2.23. The van der Waals surface area contributed by atoms with E-state index < -0.39 is 0 Å². The van der Waals surface area contributed by atoms with Crippen LogP contribution in [0.25, 0.3) is 11.0 Å². The fourth-order valence-corrected chi connectivity index (χ4v) is 3.53. The molecule has 6 nitrogen and oxygen atoms in total. The maximum absolute atomic E-state index is 12.4. The zero-order valence-corrected chi connectivity index (χ0v) is 17.4. The Morgan fingerprint density at radius 3 is 2.77 bits per heavy atom. The van der Waals surface area contributed by atoms with E-state index in [0.29, 0.717) is 13.2 Å². The number of benzene rings is 2. The summed E-state index contributed by atoms with van der Waals surface area (Å²) in [5.41, 5.74) is 4.25. The molecule has 2 heterocycles. The molecule has 0 unspecified atom stereocenters. The summed E-state index contributed by atoms with van der Waals surface area (Å²) in [4.78, 5) is 17.2. The molecule has 1 atom stereocenters. The van der Waals surface area contributed by atoms with E-state index in [1.807, 2.05) is 43.3 Å². The summed E-state index contributed by atoms with van der Waals surface area (Å²) in [6, 6.07) is 17.1. The Morgan fingerprint density at radius 2 is 1.97 bits per heavy atom. The first-order valence-corrected chi connectivity index (χ1v) is 10.0. The summed E-state index contributed by atoms with van der Waals surface area (Å²) in [5, 5.41) is 2.97. The van der Waals surface area contributed by atoms with Gasteiger partial charge in [-0.3, -0.25) is 4.79 Å². The molecule has 30 heavy (non-hydrogen) atoms. The van der Waals surface area contributed by atoms with E-state index in [1.54, 1.807) is 12.1 Å². The molecule has 0 aliphatic heterocycles. The van der Waals surface area contributed by atoms with Crippen molar-refractivity contribution in [2.75, 3.05) is 6.61 Å². The van der Waals surface area contributed by atoms with E-state index in [9.17, 15) is 4.79 Å². The van der Waals surface area contributed by atoms with Crippen molar-refractivity contribution in [3.63, 3.8) is 0 Å². The fourth-order valence-electron chi connectivity index (χ4n) is 3.53. The van der Waals surface area contributed by atoms with Gasteiger partial charge in [0.1, 0.15) is 18.2 Å². The first kappa shape index (κ1) is 19.8. The highest BCUT2D eigenvalue weighted by atomic mass is 16.5. The molecule has 0 radical (unpaired) electrons. The lowest BCUT2D eigenvalue weighted by Crippen LogP contribution is -2.29. The molecule has 0 saturated heterocycles. The van der Waals surface area contributed by atoms with Crippen LogP contribution in [0.1, 0.15) is 40.5 Å². The van der Waals surface area contributed by atoms with Crippen LogP contribution in [0, 0.1) is 13.8 Å². The molecule has 4 rings (SSSR count). The molecule has 2 aromatic carbocycles. The van der Waals surface area contributed by atoms with Gasteiger partial charge in [-0.25, -0.2) is 4.98 Å². The Bertz CT molecular complexity index is 1160. The standard InChI is InChI=1S/C24H25N3O3/c1-16-8-6-11-21(17(16)2)30-15-13-27-20-10-5-4-9-19(20)26-23(27)18(3)25-24(28)22-12-7-14-29-22/h4-12,14,18H,13,15H2,1-3H3,(H,25,28)/t18-/m0/s1. The zero-order valence-electron chi connectivity index (χ0n) is 17.4. The summed E-state index contributed by atoms with van der Waals surface area (Å²) in [6.45, 7) is 7.17. The minimum absolute atomic E-state index is 0.266. The molecular weight excluding hydrogens is 378 g/mol. The van der Waals surface area contributed by atoms with Crippen LogP contribution in [-0.4, -0.2) is 22.1 Å². The third-order valence-electron chi connectivity index (χ3n) is 5.29. The van der Waals surface area contributed by atoms with Crippen LogP contribution in [-0.2, 0) is 6.54 Å². The molecule has 0 saturated carbocycles. The van der Waals surface area contributed by atoms with E-state index in [2.05, 4.69) is 29.8 Å². The number of nitrogens with zero attached hydrogens (tertiary/aromatic N) is 2. The lowest BCUT2D eigenvalue weighted by atomic mass is 10.1. The van der Waals surface area contributed by atoms with Crippen LogP contribution in [0.5, 0.6) is 5.75 Å². The third-order valence-corrected chi connectivity index (χ3v) is 5.29. The lowest BCUT2D eigenvalue weighted by Gasteiger charge is -2.17. The number of amides is 1. The molecule has 6 heteroatoms. The summed E-state index contributed by atoms with van der Waals surface area (Å²) in [7, 11) is 0. The Hall–Kier alpha value is -3.54. The monoisotopic (exact) mass is 403 g/mol. The molecular formula is C24H25N3O3. The molecule has 4 aromatic rings. The fraction of sp³-hybridized carbons (Fsp3) is 0.250. The number of aromatic nitrogens is 2. The normalized spacial score (nSPS) is 12.1. The molecule has 0 fully saturated rings. The predicted molar refractivity (Wildman–Crippen MR) is 116 cm³/mol. The van der Waals surface area contributed by atoms with Crippen molar-refractivity contribution in [3.05, 3.63) is 83.6 Å². The van der Waals surface area contributed by atoms with Gasteiger partial charge in [0.15, 0.2) is 5.76 Å². The van der Waals surface area contributed by atoms with Gasteiger partial charge in [0.05, 0.1) is 29.9 Å². The molecule has 154 valence electrons. The summed E-state index contributed by atoms with van der Waals surface area (Å²) in [5.74, 6) is 1.68. The number of para-hydroxylation sites is 2. The minimum Gasteiger partial charge on any atom is -0.491 e. The largest absolute Gasteiger partial charge is 0.491 e. The molecule has 0 spiro atoms. The molecule has 1 N–H and O–H groups in total. The van der Waals surface area contributed by atoms with Gasteiger partial charge in [0.25, 0.3) is 5.91 Å². The lowest BCUT2D eigenvalue weighted by molar-refractivity contribution is 0.0909. The highest BCUT2D eigenvalue weighted by Gasteiger charge is 2.20. The maximum Gasteiger partial charge on any atom is 0.287 e. The van der Waals surface area contributed by atoms with E-state index in [-0.39, 0.29) is 17.7 Å². The van der Waals surface area contributed by atoms with Crippen molar-refractivity contribution in [3.8, 4) is 5.75 Å². The van der Waals surface area contributed by atoms with Gasteiger partial charge in [-0.2, -0.15) is 0 Å². The van der Waals surface area contributed by atoms with Gasteiger partial charge in [0, 0.05) is 0 Å². The van der Waals surface area contributed by atoms with Gasteiger partial charge >= 0.3 is 0 Å². The second kappa shape index (κ2) is 8.45. The Balaban J connectivity index is 1.55. The summed E-state index contributed by atoms with van der Waals surface area (Å²) < 4.78 is 13.4. The van der Waals surface area contributed by atoms with E-state index in [1.165, 1.54) is 11.8 Å². The first-order chi connectivity index (χ1) is 14.5. The SMILES string of the molecule is Cc1cccc(OCCn2c([C@H](C)NC(=O)c3ccco3)nc3ccccc32)c1C. The molecule has 0 aliphatic carbocycles. The Kier molecular flexibility index (Phi) is 5.57. The summed E-state index contributed by atoms with van der Waals surface area (Å²) in [6.07, 6.45) is 1.49. The van der Waals surface area contributed by atoms with Crippen molar-refractivity contribution in [2.24, 2.45) is 0 Å². The smallest absolute Gasteiger partial charge is 0.287 e. The topological polar surface area (TPSA) is 69.3 Å². The first-order valence-electron chi connectivity index (χ1n) is 10.0. The van der Waals surface area contributed by atoms with E-state index >= 15 is 0 Å². The molecule has 0 aliphatic rings. The summed E-state index contributed by atoms with van der Waals surface area (Å²) >= 11 is 0. The highest BCUT2D eigenvalue weighted by molar-refractivity contribution is 5.91.